The van der Waals surface area contributed by atoms with Gasteiger partial charge in [-0.3, -0.25) is 9.59 Å². The SMILES string of the molecule is O=C(Nc1ccc(N2CCCC2C(=O)O)cc1C(F)(F)F)c1c[nH]c2ccccc2c1=O. The van der Waals surface area contributed by atoms with E-state index in [-0.39, 0.29) is 16.6 Å². The molecular weight excluding hydrogens is 427 g/mol. The molecule has 166 valence electrons. The van der Waals surface area contributed by atoms with Gasteiger partial charge in [-0.25, -0.2) is 4.79 Å². The summed E-state index contributed by atoms with van der Waals surface area (Å²) in [7, 11) is 0. The van der Waals surface area contributed by atoms with E-state index in [1.54, 1.807) is 18.2 Å². The van der Waals surface area contributed by atoms with Gasteiger partial charge in [0.2, 0.25) is 5.43 Å². The van der Waals surface area contributed by atoms with Crippen molar-refractivity contribution in [1.82, 2.24) is 4.98 Å². The molecule has 7 nitrogen and oxygen atoms in total. The quantitative estimate of drug-likeness (QED) is 0.566. The van der Waals surface area contributed by atoms with Crippen molar-refractivity contribution >= 4 is 34.2 Å². The lowest BCUT2D eigenvalue weighted by Gasteiger charge is -2.25. The van der Waals surface area contributed by atoms with E-state index in [2.05, 4.69) is 10.3 Å². The molecule has 3 N–H and O–H groups in total. The number of carboxylic acids is 1. The minimum Gasteiger partial charge on any atom is -0.480 e. The number of fused-ring (bicyclic) bond motifs is 1. The number of aromatic nitrogens is 1. The molecule has 10 heteroatoms. The number of H-pyrrole nitrogens is 1. The number of nitrogens with zero attached hydrogens (tertiary/aromatic N) is 1. The fraction of sp³-hybridized carbons (Fsp3) is 0.227. The number of anilines is 2. The number of benzene rings is 2. The van der Waals surface area contributed by atoms with Gasteiger partial charge in [0, 0.05) is 29.3 Å². The highest BCUT2D eigenvalue weighted by molar-refractivity contribution is 6.06. The summed E-state index contributed by atoms with van der Waals surface area (Å²) in [6.45, 7) is 0.312. The van der Waals surface area contributed by atoms with Crippen molar-refractivity contribution in [1.29, 1.82) is 0 Å². The van der Waals surface area contributed by atoms with Crippen molar-refractivity contribution in [2.24, 2.45) is 0 Å². The minimum absolute atomic E-state index is 0.101. The number of halogens is 3. The maximum Gasteiger partial charge on any atom is 0.418 e. The van der Waals surface area contributed by atoms with Gasteiger partial charge < -0.3 is 20.3 Å². The van der Waals surface area contributed by atoms with Crippen LogP contribution in [0.4, 0.5) is 24.5 Å². The molecule has 1 aromatic heterocycles. The zero-order chi connectivity index (χ0) is 23.0. The van der Waals surface area contributed by atoms with Crippen LogP contribution < -0.4 is 15.6 Å². The van der Waals surface area contributed by atoms with Gasteiger partial charge in [0.25, 0.3) is 5.91 Å². The molecule has 0 bridgehead atoms. The number of para-hydroxylation sites is 1. The molecule has 1 atom stereocenters. The highest BCUT2D eigenvalue weighted by atomic mass is 19.4. The molecule has 1 amide bonds. The molecule has 4 rings (SSSR count). The van der Waals surface area contributed by atoms with Crippen LogP contribution in [0.1, 0.15) is 28.8 Å². The molecule has 32 heavy (non-hydrogen) atoms. The topological polar surface area (TPSA) is 102 Å². The van der Waals surface area contributed by atoms with E-state index >= 15 is 0 Å². The number of alkyl halides is 3. The van der Waals surface area contributed by atoms with Gasteiger partial charge in [-0.1, -0.05) is 12.1 Å². The van der Waals surface area contributed by atoms with E-state index in [1.807, 2.05) is 0 Å². The molecular formula is C22H18F3N3O4. The van der Waals surface area contributed by atoms with Crippen molar-refractivity contribution < 1.29 is 27.9 Å². The lowest BCUT2D eigenvalue weighted by atomic mass is 10.1. The second kappa shape index (κ2) is 8.03. The van der Waals surface area contributed by atoms with Crippen molar-refractivity contribution in [3.63, 3.8) is 0 Å². The monoisotopic (exact) mass is 445 g/mol. The molecule has 0 aliphatic carbocycles. The summed E-state index contributed by atoms with van der Waals surface area (Å²) in [6, 6.07) is 8.78. The van der Waals surface area contributed by atoms with Gasteiger partial charge in [-0.15, -0.1) is 0 Å². The first-order valence-electron chi connectivity index (χ1n) is 9.79. The van der Waals surface area contributed by atoms with Gasteiger partial charge in [0.15, 0.2) is 0 Å². The molecule has 2 aromatic carbocycles. The average Bonchev–Trinajstić information content (AvgIpc) is 3.24. The highest BCUT2D eigenvalue weighted by Gasteiger charge is 2.37. The van der Waals surface area contributed by atoms with E-state index in [9.17, 15) is 32.7 Å². The number of nitrogens with one attached hydrogen (secondary N) is 2. The number of pyridine rings is 1. The Hall–Kier alpha value is -3.82. The first-order valence-corrected chi connectivity index (χ1v) is 9.79. The largest absolute Gasteiger partial charge is 0.480 e. The Morgan fingerprint density at radius 2 is 1.91 bits per heavy atom. The normalized spacial score (nSPS) is 16.3. The average molecular weight is 445 g/mol. The highest BCUT2D eigenvalue weighted by Crippen LogP contribution is 2.39. The van der Waals surface area contributed by atoms with E-state index in [0.717, 1.165) is 18.3 Å². The molecule has 1 fully saturated rings. The third-order valence-corrected chi connectivity index (χ3v) is 5.46. The molecule has 1 saturated heterocycles. The van der Waals surface area contributed by atoms with E-state index in [0.29, 0.717) is 24.9 Å². The maximum atomic E-state index is 13.8. The molecule has 0 radical (unpaired) electrons. The first kappa shape index (κ1) is 21.4. The Morgan fingerprint density at radius 3 is 2.62 bits per heavy atom. The number of rotatable bonds is 4. The third kappa shape index (κ3) is 3.91. The van der Waals surface area contributed by atoms with Crippen molar-refractivity contribution in [3.05, 3.63) is 70.0 Å². The summed E-state index contributed by atoms with van der Waals surface area (Å²) in [5, 5.41) is 11.7. The number of aromatic amines is 1. The second-order valence-electron chi connectivity index (χ2n) is 7.45. The number of amides is 1. The lowest BCUT2D eigenvalue weighted by molar-refractivity contribution is -0.138. The summed E-state index contributed by atoms with van der Waals surface area (Å²) in [5.74, 6) is -2.09. The molecule has 1 unspecified atom stereocenters. The summed E-state index contributed by atoms with van der Waals surface area (Å²) in [5.41, 5.74) is -1.99. The Balaban J connectivity index is 1.69. The van der Waals surface area contributed by atoms with Gasteiger partial charge in [0.05, 0.1) is 11.3 Å². The van der Waals surface area contributed by atoms with Crippen LogP contribution in [0.15, 0.2) is 53.5 Å². The molecule has 2 heterocycles. The van der Waals surface area contributed by atoms with Gasteiger partial charge in [-0.05, 0) is 43.2 Å². The standard InChI is InChI=1S/C22H18F3N3O4/c23-22(24,25)15-10-12(28-9-3-6-18(28)21(31)32)7-8-17(15)27-20(30)14-11-26-16-5-2-1-4-13(16)19(14)29/h1-2,4-5,7-8,10-11,18H,3,6,9H2,(H,26,29)(H,27,30)(H,31,32). The van der Waals surface area contributed by atoms with Crippen LogP contribution in [0, 0.1) is 0 Å². The van der Waals surface area contributed by atoms with Crippen LogP contribution in [-0.4, -0.2) is 34.6 Å². The van der Waals surface area contributed by atoms with Gasteiger partial charge in [0.1, 0.15) is 11.6 Å². The van der Waals surface area contributed by atoms with Crippen LogP contribution in [-0.2, 0) is 11.0 Å². The Morgan fingerprint density at radius 1 is 1.16 bits per heavy atom. The molecule has 1 aliphatic rings. The van der Waals surface area contributed by atoms with Crippen molar-refractivity contribution in [3.8, 4) is 0 Å². The van der Waals surface area contributed by atoms with Gasteiger partial charge >= 0.3 is 12.1 Å². The Labute approximate surface area is 179 Å². The van der Waals surface area contributed by atoms with Crippen LogP contribution in [0.5, 0.6) is 0 Å². The van der Waals surface area contributed by atoms with E-state index in [4.69, 9.17) is 0 Å². The van der Waals surface area contributed by atoms with Gasteiger partial charge in [-0.2, -0.15) is 13.2 Å². The summed E-state index contributed by atoms with van der Waals surface area (Å²) in [6.07, 6.45) is -2.78. The fourth-order valence-corrected chi connectivity index (χ4v) is 3.91. The zero-order valence-electron chi connectivity index (χ0n) is 16.6. The predicted molar refractivity (Wildman–Crippen MR) is 112 cm³/mol. The van der Waals surface area contributed by atoms with Crippen LogP contribution >= 0.6 is 0 Å². The van der Waals surface area contributed by atoms with Crippen molar-refractivity contribution in [2.75, 3.05) is 16.8 Å². The lowest BCUT2D eigenvalue weighted by Crippen LogP contribution is -2.36. The molecule has 0 spiro atoms. The van der Waals surface area contributed by atoms with Crippen LogP contribution in [0.3, 0.4) is 0 Å². The molecule has 3 aromatic rings. The third-order valence-electron chi connectivity index (χ3n) is 5.46. The smallest absolute Gasteiger partial charge is 0.418 e. The first-order chi connectivity index (χ1) is 15.2. The zero-order valence-corrected chi connectivity index (χ0v) is 16.6. The Bertz CT molecular complexity index is 1270. The Kier molecular flexibility index (Phi) is 5.37. The minimum atomic E-state index is -4.81. The van der Waals surface area contributed by atoms with E-state index in [1.165, 1.54) is 17.0 Å². The summed E-state index contributed by atoms with van der Waals surface area (Å²) in [4.78, 5) is 40.9. The summed E-state index contributed by atoms with van der Waals surface area (Å²) < 4.78 is 41.3. The van der Waals surface area contributed by atoms with Crippen molar-refractivity contribution in [2.45, 2.75) is 25.1 Å². The van der Waals surface area contributed by atoms with Crippen LogP contribution in [0.2, 0.25) is 0 Å². The number of aliphatic carboxylic acids is 1. The fourth-order valence-electron chi connectivity index (χ4n) is 3.91. The van der Waals surface area contributed by atoms with Crippen LogP contribution in [0.25, 0.3) is 10.9 Å². The number of carbonyl (C=O) groups excluding carboxylic acids is 1. The number of hydrogen-bond acceptors (Lipinski definition) is 4. The number of carbonyl (C=O) groups is 2. The second-order valence-corrected chi connectivity index (χ2v) is 7.45. The maximum absolute atomic E-state index is 13.8. The molecule has 1 aliphatic heterocycles. The summed E-state index contributed by atoms with van der Waals surface area (Å²) >= 11 is 0. The number of carboxylic acid groups (broad SMARTS) is 1. The number of hydrogen-bond donors (Lipinski definition) is 3. The molecule has 0 saturated carbocycles. The predicted octanol–water partition coefficient (Wildman–Crippen LogP) is 3.85. The van der Waals surface area contributed by atoms with E-state index < -0.39 is 40.8 Å².